The van der Waals surface area contributed by atoms with Gasteiger partial charge in [0.2, 0.25) is 0 Å². The summed E-state index contributed by atoms with van der Waals surface area (Å²) < 4.78 is 11.3. The van der Waals surface area contributed by atoms with E-state index in [-0.39, 0.29) is 18.4 Å². The van der Waals surface area contributed by atoms with E-state index in [0.717, 1.165) is 11.3 Å². The van der Waals surface area contributed by atoms with E-state index >= 15 is 0 Å². The number of hydrogen-bond acceptors (Lipinski definition) is 4. The summed E-state index contributed by atoms with van der Waals surface area (Å²) >= 11 is 0. The van der Waals surface area contributed by atoms with Crippen LogP contribution >= 0.6 is 0 Å². The molecule has 1 aliphatic heterocycles. The van der Waals surface area contributed by atoms with Crippen molar-refractivity contribution in [1.82, 2.24) is 0 Å². The summed E-state index contributed by atoms with van der Waals surface area (Å²) in [6.45, 7) is 2.70. The minimum absolute atomic E-state index is 0.0207. The zero-order chi connectivity index (χ0) is 20.9. The number of fused-ring (bicyclic) bond motifs is 1. The lowest BCUT2D eigenvalue weighted by Crippen LogP contribution is -2.41. The number of rotatable bonds is 6. The molecular formula is C24H22N2O4. The monoisotopic (exact) mass is 402 g/mol. The van der Waals surface area contributed by atoms with Crippen molar-refractivity contribution in [2.75, 3.05) is 30.0 Å². The van der Waals surface area contributed by atoms with Crippen LogP contribution in [0.2, 0.25) is 0 Å². The molecule has 0 saturated carbocycles. The first kappa shape index (κ1) is 19.5. The van der Waals surface area contributed by atoms with Crippen LogP contribution in [0.25, 0.3) is 0 Å². The summed E-state index contributed by atoms with van der Waals surface area (Å²) in [6.07, 6.45) is 0. The Bertz CT molecular complexity index is 1070. The Labute approximate surface area is 175 Å². The Balaban J connectivity index is 1.48. The van der Waals surface area contributed by atoms with Gasteiger partial charge in [-0.15, -0.1) is 0 Å². The zero-order valence-electron chi connectivity index (χ0n) is 16.6. The van der Waals surface area contributed by atoms with Crippen LogP contribution in [0.1, 0.15) is 15.9 Å². The summed E-state index contributed by atoms with van der Waals surface area (Å²) in [5, 5.41) is 2.87. The highest BCUT2D eigenvalue weighted by atomic mass is 16.5. The van der Waals surface area contributed by atoms with Crippen LogP contribution < -0.4 is 19.7 Å². The van der Waals surface area contributed by atoms with Crippen LogP contribution in [0.3, 0.4) is 0 Å². The molecule has 0 aromatic heterocycles. The molecule has 30 heavy (non-hydrogen) atoms. The molecule has 0 bridgehead atoms. The number of nitrogens with one attached hydrogen (secondary N) is 1. The average molecular weight is 402 g/mol. The maximum atomic E-state index is 12.5. The molecule has 6 heteroatoms. The summed E-state index contributed by atoms with van der Waals surface area (Å²) in [5.74, 6) is 0.998. The normalized spacial score (nSPS) is 12.7. The molecule has 0 aliphatic carbocycles. The fourth-order valence-electron chi connectivity index (χ4n) is 3.28. The predicted molar refractivity (Wildman–Crippen MR) is 115 cm³/mol. The van der Waals surface area contributed by atoms with Crippen LogP contribution in [0.4, 0.5) is 11.4 Å². The summed E-state index contributed by atoms with van der Waals surface area (Å²) in [5.41, 5.74) is 2.88. The zero-order valence-corrected chi connectivity index (χ0v) is 16.6. The number of aryl methyl sites for hydroxylation is 1. The van der Waals surface area contributed by atoms with Gasteiger partial charge in [0, 0.05) is 11.3 Å². The number of carbonyl (C=O) groups is 2. The van der Waals surface area contributed by atoms with Gasteiger partial charge in [0.1, 0.15) is 18.1 Å². The van der Waals surface area contributed by atoms with E-state index in [4.69, 9.17) is 9.47 Å². The average Bonchev–Trinajstić information content (AvgIpc) is 2.76. The van der Waals surface area contributed by atoms with Gasteiger partial charge in [-0.2, -0.15) is 0 Å². The summed E-state index contributed by atoms with van der Waals surface area (Å²) in [4.78, 5) is 26.5. The molecule has 3 aromatic carbocycles. The standard InChI is InChI=1S/C24H22N2O4/c1-17-6-5-9-20(14-17)29-13-12-26-21-15-19(10-11-22(21)30-16-23(26)27)25-24(28)18-7-3-2-4-8-18/h2-11,14-15H,12-13,16H2,1H3,(H,25,28). The molecule has 1 N–H and O–H groups in total. The van der Waals surface area contributed by atoms with Crippen molar-refractivity contribution < 1.29 is 19.1 Å². The Hall–Kier alpha value is -3.80. The van der Waals surface area contributed by atoms with Gasteiger partial charge in [0.25, 0.3) is 11.8 Å². The Morgan fingerprint density at radius 3 is 2.70 bits per heavy atom. The third-order valence-corrected chi connectivity index (χ3v) is 4.77. The van der Waals surface area contributed by atoms with E-state index in [9.17, 15) is 9.59 Å². The topological polar surface area (TPSA) is 67.9 Å². The fraction of sp³-hybridized carbons (Fsp3) is 0.167. The number of amides is 2. The SMILES string of the molecule is Cc1cccc(OCCN2C(=O)COc3ccc(NC(=O)c4ccccc4)cc32)c1. The van der Waals surface area contributed by atoms with Crippen molar-refractivity contribution >= 4 is 23.2 Å². The molecule has 4 rings (SSSR count). The molecular weight excluding hydrogens is 380 g/mol. The minimum Gasteiger partial charge on any atom is -0.492 e. The maximum Gasteiger partial charge on any atom is 0.265 e. The van der Waals surface area contributed by atoms with E-state index in [1.807, 2.05) is 49.4 Å². The van der Waals surface area contributed by atoms with Crippen molar-refractivity contribution in [3.63, 3.8) is 0 Å². The number of ether oxygens (including phenoxy) is 2. The molecule has 6 nitrogen and oxygen atoms in total. The second-order valence-electron chi connectivity index (χ2n) is 7.00. The lowest BCUT2D eigenvalue weighted by Gasteiger charge is -2.29. The molecule has 0 spiro atoms. The molecule has 1 aliphatic rings. The quantitative estimate of drug-likeness (QED) is 0.675. The van der Waals surface area contributed by atoms with E-state index in [1.54, 1.807) is 35.2 Å². The smallest absolute Gasteiger partial charge is 0.265 e. The molecule has 0 radical (unpaired) electrons. The van der Waals surface area contributed by atoms with Crippen LogP contribution in [0.15, 0.2) is 72.8 Å². The molecule has 0 atom stereocenters. The van der Waals surface area contributed by atoms with Crippen molar-refractivity contribution in [3.05, 3.63) is 83.9 Å². The summed E-state index contributed by atoms with van der Waals surface area (Å²) in [7, 11) is 0. The lowest BCUT2D eigenvalue weighted by atomic mass is 10.2. The number of nitrogens with zero attached hydrogens (tertiary/aromatic N) is 1. The van der Waals surface area contributed by atoms with Gasteiger partial charge in [-0.25, -0.2) is 0 Å². The number of anilines is 2. The first-order chi connectivity index (χ1) is 14.6. The van der Waals surface area contributed by atoms with Crippen molar-refractivity contribution in [3.8, 4) is 11.5 Å². The van der Waals surface area contributed by atoms with E-state index in [0.29, 0.717) is 35.8 Å². The minimum atomic E-state index is -0.215. The maximum absolute atomic E-state index is 12.5. The van der Waals surface area contributed by atoms with Gasteiger partial charge >= 0.3 is 0 Å². The van der Waals surface area contributed by atoms with E-state index in [2.05, 4.69) is 5.32 Å². The first-order valence-corrected chi connectivity index (χ1v) is 9.73. The highest BCUT2D eigenvalue weighted by Crippen LogP contribution is 2.34. The Kier molecular flexibility index (Phi) is 5.66. The van der Waals surface area contributed by atoms with Gasteiger partial charge in [0.05, 0.1) is 12.2 Å². The van der Waals surface area contributed by atoms with E-state index in [1.165, 1.54) is 0 Å². The second-order valence-corrected chi connectivity index (χ2v) is 7.00. The third kappa shape index (κ3) is 4.43. The van der Waals surface area contributed by atoms with Crippen molar-refractivity contribution in [1.29, 1.82) is 0 Å². The van der Waals surface area contributed by atoms with Crippen LogP contribution in [0, 0.1) is 6.92 Å². The second kappa shape index (κ2) is 8.69. The Morgan fingerprint density at radius 2 is 1.90 bits per heavy atom. The Morgan fingerprint density at radius 1 is 1.07 bits per heavy atom. The van der Waals surface area contributed by atoms with Gasteiger partial charge in [-0.3, -0.25) is 9.59 Å². The van der Waals surface area contributed by atoms with Crippen LogP contribution in [-0.4, -0.2) is 31.6 Å². The summed E-state index contributed by atoms with van der Waals surface area (Å²) in [6, 6.07) is 22.0. The first-order valence-electron chi connectivity index (χ1n) is 9.73. The largest absolute Gasteiger partial charge is 0.492 e. The highest BCUT2D eigenvalue weighted by Gasteiger charge is 2.26. The van der Waals surface area contributed by atoms with Crippen LogP contribution in [0.5, 0.6) is 11.5 Å². The molecule has 0 unspecified atom stereocenters. The molecule has 0 saturated heterocycles. The fourth-order valence-corrected chi connectivity index (χ4v) is 3.28. The third-order valence-electron chi connectivity index (χ3n) is 4.77. The number of hydrogen-bond donors (Lipinski definition) is 1. The number of carbonyl (C=O) groups excluding carboxylic acids is 2. The van der Waals surface area contributed by atoms with Gasteiger partial charge in [-0.05, 0) is 55.0 Å². The number of benzene rings is 3. The molecule has 2 amide bonds. The molecule has 3 aromatic rings. The lowest BCUT2D eigenvalue weighted by molar-refractivity contribution is -0.121. The highest BCUT2D eigenvalue weighted by molar-refractivity contribution is 6.05. The van der Waals surface area contributed by atoms with Crippen LogP contribution in [-0.2, 0) is 4.79 Å². The molecule has 152 valence electrons. The van der Waals surface area contributed by atoms with Gasteiger partial charge in [-0.1, -0.05) is 30.3 Å². The molecule has 0 fully saturated rings. The van der Waals surface area contributed by atoms with Gasteiger partial charge in [0.15, 0.2) is 6.61 Å². The van der Waals surface area contributed by atoms with Gasteiger partial charge < -0.3 is 19.7 Å². The molecule has 1 heterocycles. The van der Waals surface area contributed by atoms with Crippen molar-refractivity contribution in [2.24, 2.45) is 0 Å². The van der Waals surface area contributed by atoms with Crippen molar-refractivity contribution in [2.45, 2.75) is 6.92 Å². The van der Waals surface area contributed by atoms with E-state index < -0.39 is 0 Å². The predicted octanol–water partition coefficient (Wildman–Crippen LogP) is 4.05.